The van der Waals surface area contributed by atoms with Crippen molar-refractivity contribution in [1.82, 2.24) is 9.97 Å². The molecule has 146 valence electrons. The Bertz CT molecular complexity index is 1080. The molecule has 8 heteroatoms. The maximum absolute atomic E-state index is 12.5. The van der Waals surface area contributed by atoms with Crippen LogP contribution in [-0.2, 0) is 10.0 Å². The molecule has 0 atom stereocenters. The zero-order valence-electron chi connectivity index (χ0n) is 16.3. The Morgan fingerprint density at radius 2 is 1.57 bits per heavy atom. The van der Waals surface area contributed by atoms with Crippen LogP contribution in [0.3, 0.4) is 0 Å². The zero-order chi connectivity index (χ0) is 20.3. The summed E-state index contributed by atoms with van der Waals surface area (Å²) in [5, 5.41) is 3.14. The summed E-state index contributed by atoms with van der Waals surface area (Å²) in [6, 6.07) is 15.6. The highest BCUT2D eigenvalue weighted by Gasteiger charge is 2.14. The fraction of sp³-hybridized carbons (Fsp3) is 0.200. The molecule has 0 saturated heterocycles. The summed E-state index contributed by atoms with van der Waals surface area (Å²) >= 11 is 0. The molecule has 1 heterocycles. The van der Waals surface area contributed by atoms with E-state index in [2.05, 4.69) is 20.0 Å². The van der Waals surface area contributed by atoms with Crippen LogP contribution in [0.15, 0.2) is 59.5 Å². The molecule has 0 saturated carbocycles. The Kier molecular flexibility index (Phi) is 5.51. The molecule has 2 aromatic carbocycles. The summed E-state index contributed by atoms with van der Waals surface area (Å²) < 4.78 is 27.6. The number of hydrogen-bond acceptors (Lipinski definition) is 6. The molecule has 0 radical (unpaired) electrons. The Hall–Kier alpha value is -3.13. The van der Waals surface area contributed by atoms with Gasteiger partial charge in [-0.15, -0.1) is 0 Å². The van der Waals surface area contributed by atoms with Gasteiger partial charge in [-0.1, -0.05) is 12.1 Å². The first-order valence-electron chi connectivity index (χ1n) is 8.72. The zero-order valence-corrected chi connectivity index (χ0v) is 17.1. The number of anilines is 4. The molecule has 0 unspecified atom stereocenters. The number of aryl methyl sites for hydroxylation is 2. The highest BCUT2D eigenvalue weighted by atomic mass is 32.2. The molecule has 0 spiro atoms. The quantitative estimate of drug-likeness (QED) is 0.659. The van der Waals surface area contributed by atoms with Crippen molar-refractivity contribution in [2.45, 2.75) is 18.7 Å². The van der Waals surface area contributed by atoms with Crippen molar-refractivity contribution in [2.75, 3.05) is 29.0 Å². The van der Waals surface area contributed by atoms with Crippen molar-refractivity contribution in [1.29, 1.82) is 0 Å². The van der Waals surface area contributed by atoms with Gasteiger partial charge in [0, 0.05) is 37.2 Å². The average molecular weight is 398 g/mol. The SMILES string of the molecule is Cc1cccc(S(=O)(=O)Nc2ccc(Nc3nc(C)cc(N(C)C)n3)cc2)c1. The van der Waals surface area contributed by atoms with Crippen LogP contribution >= 0.6 is 0 Å². The number of nitrogens with one attached hydrogen (secondary N) is 2. The van der Waals surface area contributed by atoms with E-state index in [9.17, 15) is 8.42 Å². The molecular weight excluding hydrogens is 374 g/mol. The van der Waals surface area contributed by atoms with Gasteiger partial charge in [0.15, 0.2) is 0 Å². The van der Waals surface area contributed by atoms with Crippen LogP contribution in [0.4, 0.5) is 23.1 Å². The summed E-state index contributed by atoms with van der Waals surface area (Å²) in [6.07, 6.45) is 0. The minimum absolute atomic E-state index is 0.235. The standard InChI is InChI=1S/C20H23N5O2S/c1-14-6-5-7-18(12-14)28(26,27)24-17-10-8-16(9-11-17)22-20-21-15(2)13-19(23-20)25(3)4/h5-13,24H,1-4H3,(H,21,22,23). The molecule has 1 aromatic heterocycles. The minimum Gasteiger partial charge on any atom is -0.363 e. The maximum Gasteiger partial charge on any atom is 0.261 e. The molecule has 3 aromatic rings. The van der Waals surface area contributed by atoms with E-state index < -0.39 is 10.0 Å². The van der Waals surface area contributed by atoms with E-state index in [1.54, 1.807) is 42.5 Å². The monoisotopic (exact) mass is 397 g/mol. The molecule has 3 rings (SSSR count). The molecule has 28 heavy (non-hydrogen) atoms. The second-order valence-electron chi connectivity index (χ2n) is 6.71. The highest BCUT2D eigenvalue weighted by molar-refractivity contribution is 7.92. The number of sulfonamides is 1. The van der Waals surface area contributed by atoms with Gasteiger partial charge in [0.1, 0.15) is 5.82 Å². The largest absolute Gasteiger partial charge is 0.363 e. The van der Waals surface area contributed by atoms with Gasteiger partial charge in [-0.25, -0.2) is 13.4 Å². The van der Waals surface area contributed by atoms with Crippen LogP contribution in [0, 0.1) is 13.8 Å². The molecule has 0 fully saturated rings. The lowest BCUT2D eigenvalue weighted by atomic mass is 10.2. The lowest BCUT2D eigenvalue weighted by Gasteiger charge is -2.14. The van der Waals surface area contributed by atoms with E-state index in [-0.39, 0.29) is 4.90 Å². The topological polar surface area (TPSA) is 87.2 Å². The number of nitrogens with zero attached hydrogens (tertiary/aromatic N) is 3. The van der Waals surface area contributed by atoms with Gasteiger partial charge in [-0.05, 0) is 55.8 Å². The minimum atomic E-state index is -3.63. The Balaban J connectivity index is 1.75. The Morgan fingerprint density at radius 3 is 2.21 bits per heavy atom. The lowest BCUT2D eigenvalue weighted by Crippen LogP contribution is -2.13. The van der Waals surface area contributed by atoms with E-state index in [0.717, 1.165) is 22.8 Å². The van der Waals surface area contributed by atoms with E-state index >= 15 is 0 Å². The summed E-state index contributed by atoms with van der Waals surface area (Å²) in [7, 11) is 0.206. The number of rotatable bonds is 6. The number of aromatic nitrogens is 2. The van der Waals surface area contributed by atoms with Gasteiger partial charge >= 0.3 is 0 Å². The van der Waals surface area contributed by atoms with Crippen molar-refractivity contribution < 1.29 is 8.42 Å². The first-order chi connectivity index (χ1) is 13.2. The molecule has 0 bridgehead atoms. The first kappa shape index (κ1) is 19.6. The number of hydrogen-bond donors (Lipinski definition) is 2. The van der Waals surface area contributed by atoms with Gasteiger partial charge in [-0.2, -0.15) is 4.98 Å². The van der Waals surface area contributed by atoms with Gasteiger partial charge in [0.25, 0.3) is 10.0 Å². The van der Waals surface area contributed by atoms with Crippen LogP contribution < -0.4 is 14.9 Å². The van der Waals surface area contributed by atoms with Crippen LogP contribution in [0.5, 0.6) is 0 Å². The Labute approximate surface area is 165 Å². The summed E-state index contributed by atoms with van der Waals surface area (Å²) in [4.78, 5) is 11.0. The third kappa shape index (κ3) is 4.77. The molecule has 0 amide bonds. The predicted octanol–water partition coefficient (Wildman–Crippen LogP) is 3.70. The fourth-order valence-corrected chi connectivity index (χ4v) is 3.75. The van der Waals surface area contributed by atoms with Crippen LogP contribution in [0.2, 0.25) is 0 Å². The maximum atomic E-state index is 12.5. The molecule has 0 aliphatic carbocycles. The molecular formula is C20H23N5O2S. The number of benzene rings is 2. The summed E-state index contributed by atoms with van der Waals surface area (Å²) in [5.41, 5.74) is 2.97. The van der Waals surface area contributed by atoms with Crippen molar-refractivity contribution in [3.8, 4) is 0 Å². The molecule has 2 N–H and O–H groups in total. The normalized spacial score (nSPS) is 11.1. The van der Waals surface area contributed by atoms with Crippen LogP contribution in [-0.4, -0.2) is 32.5 Å². The van der Waals surface area contributed by atoms with Crippen molar-refractivity contribution in [3.63, 3.8) is 0 Å². The van der Waals surface area contributed by atoms with Gasteiger partial charge in [0.05, 0.1) is 4.90 Å². The lowest BCUT2D eigenvalue weighted by molar-refractivity contribution is 0.601. The second kappa shape index (κ2) is 7.85. The van der Waals surface area contributed by atoms with E-state index in [1.807, 2.05) is 45.0 Å². The third-order valence-corrected chi connectivity index (χ3v) is 5.37. The highest BCUT2D eigenvalue weighted by Crippen LogP contribution is 2.21. The van der Waals surface area contributed by atoms with Gasteiger partial charge in [0.2, 0.25) is 5.95 Å². The smallest absolute Gasteiger partial charge is 0.261 e. The van der Waals surface area contributed by atoms with Crippen molar-refractivity contribution in [2.24, 2.45) is 0 Å². The second-order valence-corrected chi connectivity index (χ2v) is 8.39. The van der Waals surface area contributed by atoms with Crippen molar-refractivity contribution >= 4 is 33.2 Å². The van der Waals surface area contributed by atoms with Gasteiger partial charge < -0.3 is 10.2 Å². The van der Waals surface area contributed by atoms with E-state index in [4.69, 9.17) is 0 Å². The summed E-state index contributed by atoms with van der Waals surface area (Å²) in [6.45, 7) is 3.76. The average Bonchev–Trinajstić information content (AvgIpc) is 2.62. The molecule has 0 aliphatic rings. The molecule has 0 aliphatic heterocycles. The van der Waals surface area contributed by atoms with E-state index in [1.165, 1.54) is 0 Å². The van der Waals surface area contributed by atoms with E-state index in [0.29, 0.717) is 11.6 Å². The van der Waals surface area contributed by atoms with Crippen LogP contribution in [0.25, 0.3) is 0 Å². The van der Waals surface area contributed by atoms with Crippen LogP contribution in [0.1, 0.15) is 11.3 Å². The fourth-order valence-electron chi connectivity index (χ4n) is 2.58. The Morgan fingerprint density at radius 1 is 0.893 bits per heavy atom. The third-order valence-electron chi connectivity index (χ3n) is 3.99. The van der Waals surface area contributed by atoms with Gasteiger partial charge in [-0.3, -0.25) is 4.72 Å². The van der Waals surface area contributed by atoms with Crippen molar-refractivity contribution in [3.05, 3.63) is 65.9 Å². The predicted molar refractivity (Wildman–Crippen MR) is 113 cm³/mol. The summed E-state index contributed by atoms with van der Waals surface area (Å²) in [5.74, 6) is 1.29. The first-order valence-corrected chi connectivity index (χ1v) is 10.2. The molecule has 7 nitrogen and oxygen atoms in total.